The van der Waals surface area contributed by atoms with Gasteiger partial charge in [0.1, 0.15) is 0 Å². The van der Waals surface area contributed by atoms with Gasteiger partial charge < -0.3 is 15.2 Å². The fourth-order valence-electron chi connectivity index (χ4n) is 2.44. The molecular weight excluding hydrogens is 246 g/mol. The number of aryl methyl sites for hydroxylation is 1. The van der Waals surface area contributed by atoms with Gasteiger partial charge in [0.25, 0.3) is 0 Å². The van der Waals surface area contributed by atoms with E-state index in [2.05, 4.69) is 24.4 Å². The van der Waals surface area contributed by atoms with Crippen molar-refractivity contribution in [2.24, 2.45) is 0 Å². The Hall–Kier alpha value is -0.420. The van der Waals surface area contributed by atoms with E-state index in [0.29, 0.717) is 6.61 Å². The van der Waals surface area contributed by atoms with Gasteiger partial charge in [0, 0.05) is 28.8 Å². The van der Waals surface area contributed by atoms with Crippen LogP contribution in [-0.4, -0.2) is 36.5 Å². The van der Waals surface area contributed by atoms with Crippen LogP contribution in [0.15, 0.2) is 12.1 Å². The molecular formula is C14H23NO2S. The number of rotatable bonds is 5. The summed E-state index contributed by atoms with van der Waals surface area (Å²) in [4.78, 5) is 2.66. The Morgan fingerprint density at radius 1 is 1.50 bits per heavy atom. The van der Waals surface area contributed by atoms with Crippen LogP contribution in [0.5, 0.6) is 0 Å². The Kier molecular flexibility index (Phi) is 4.78. The molecule has 18 heavy (non-hydrogen) atoms. The highest BCUT2D eigenvalue weighted by Gasteiger charge is 2.27. The van der Waals surface area contributed by atoms with E-state index in [4.69, 9.17) is 4.74 Å². The van der Waals surface area contributed by atoms with Crippen molar-refractivity contribution in [2.45, 2.75) is 44.8 Å². The van der Waals surface area contributed by atoms with E-state index in [1.54, 1.807) is 0 Å². The first kappa shape index (κ1) is 14.0. The summed E-state index contributed by atoms with van der Waals surface area (Å²) in [6.45, 7) is 6.47. The molecule has 2 heterocycles. The maximum atomic E-state index is 10.5. The molecule has 0 saturated carbocycles. The van der Waals surface area contributed by atoms with Crippen molar-refractivity contribution < 1.29 is 9.84 Å². The van der Waals surface area contributed by atoms with Crippen molar-refractivity contribution in [1.82, 2.24) is 5.32 Å². The molecule has 102 valence electrons. The topological polar surface area (TPSA) is 41.5 Å². The van der Waals surface area contributed by atoms with Gasteiger partial charge in [0.15, 0.2) is 0 Å². The van der Waals surface area contributed by atoms with Crippen LogP contribution in [-0.2, 0) is 17.6 Å². The second kappa shape index (κ2) is 6.15. The van der Waals surface area contributed by atoms with E-state index in [1.165, 1.54) is 9.75 Å². The first-order valence-corrected chi connectivity index (χ1v) is 7.52. The van der Waals surface area contributed by atoms with Gasteiger partial charge in [-0.05, 0) is 31.9 Å². The zero-order chi connectivity index (χ0) is 13.0. The number of nitrogens with one attached hydrogen (secondary N) is 1. The van der Waals surface area contributed by atoms with Crippen LogP contribution in [0.25, 0.3) is 0 Å². The third-order valence-corrected chi connectivity index (χ3v) is 4.53. The monoisotopic (exact) mass is 269 g/mol. The molecule has 3 nitrogen and oxygen atoms in total. The Bertz CT molecular complexity index is 370. The summed E-state index contributed by atoms with van der Waals surface area (Å²) in [6.07, 6.45) is 2.55. The number of ether oxygens (including phenoxy) is 1. The third kappa shape index (κ3) is 4.05. The molecule has 1 aromatic rings. The first-order chi connectivity index (χ1) is 8.59. The maximum Gasteiger partial charge on any atom is 0.0683 e. The van der Waals surface area contributed by atoms with E-state index in [9.17, 15) is 5.11 Å². The highest BCUT2D eigenvalue weighted by atomic mass is 32.1. The Morgan fingerprint density at radius 3 is 2.89 bits per heavy atom. The summed E-state index contributed by atoms with van der Waals surface area (Å²) in [7, 11) is 0. The molecule has 0 radical (unpaired) electrons. The summed E-state index contributed by atoms with van der Waals surface area (Å²) >= 11 is 1.81. The lowest BCUT2D eigenvalue weighted by Crippen LogP contribution is -2.46. The van der Waals surface area contributed by atoms with Crippen LogP contribution < -0.4 is 5.32 Å². The van der Waals surface area contributed by atoms with Gasteiger partial charge in [-0.3, -0.25) is 0 Å². The standard InChI is InChI=1S/C14H23NO2S/c1-3-12-4-5-13(18-12)9-14(2,16)8-11-10-17-7-6-15-11/h4-5,11,15-16H,3,6-10H2,1-2H3. The summed E-state index contributed by atoms with van der Waals surface area (Å²) in [5, 5.41) is 13.9. The Balaban J connectivity index is 1.89. The van der Waals surface area contributed by atoms with E-state index < -0.39 is 5.60 Å². The van der Waals surface area contributed by atoms with E-state index in [1.807, 2.05) is 18.3 Å². The highest BCUT2D eigenvalue weighted by Crippen LogP contribution is 2.25. The van der Waals surface area contributed by atoms with Gasteiger partial charge >= 0.3 is 0 Å². The zero-order valence-corrected chi connectivity index (χ0v) is 12.1. The first-order valence-electron chi connectivity index (χ1n) is 6.70. The molecule has 1 aliphatic rings. The van der Waals surface area contributed by atoms with E-state index in [0.717, 1.165) is 32.4 Å². The highest BCUT2D eigenvalue weighted by molar-refractivity contribution is 7.12. The molecule has 1 saturated heterocycles. The summed E-state index contributed by atoms with van der Waals surface area (Å²) < 4.78 is 5.43. The zero-order valence-electron chi connectivity index (χ0n) is 11.2. The summed E-state index contributed by atoms with van der Waals surface area (Å²) in [5.74, 6) is 0. The predicted molar refractivity (Wildman–Crippen MR) is 75.3 cm³/mol. The number of morpholine rings is 1. The van der Waals surface area contributed by atoms with Gasteiger partial charge in [-0.2, -0.15) is 0 Å². The lowest BCUT2D eigenvalue weighted by atomic mass is 9.92. The van der Waals surface area contributed by atoms with Crippen LogP contribution >= 0.6 is 11.3 Å². The van der Waals surface area contributed by atoms with E-state index >= 15 is 0 Å². The molecule has 4 heteroatoms. The lowest BCUT2D eigenvalue weighted by Gasteiger charge is -2.31. The smallest absolute Gasteiger partial charge is 0.0683 e. The molecule has 0 amide bonds. The van der Waals surface area contributed by atoms with Crippen LogP contribution in [0.3, 0.4) is 0 Å². The summed E-state index contributed by atoms with van der Waals surface area (Å²) in [6, 6.07) is 4.58. The average Bonchev–Trinajstić information content (AvgIpc) is 2.76. The van der Waals surface area contributed by atoms with Crippen molar-refractivity contribution in [3.05, 3.63) is 21.9 Å². The second-order valence-electron chi connectivity index (χ2n) is 5.33. The van der Waals surface area contributed by atoms with Crippen molar-refractivity contribution >= 4 is 11.3 Å². The van der Waals surface area contributed by atoms with Crippen molar-refractivity contribution in [1.29, 1.82) is 0 Å². The third-order valence-electron chi connectivity index (χ3n) is 3.31. The predicted octanol–water partition coefficient (Wildman–Crippen LogP) is 1.98. The molecule has 2 atom stereocenters. The van der Waals surface area contributed by atoms with Crippen LogP contribution in [0.4, 0.5) is 0 Å². The van der Waals surface area contributed by atoms with E-state index in [-0.39, 0.29) is 6.04 Å². The van der Waals surface area contributed by atoms with Gasteiger partial charge in [-0.15, -0.1) is 11.3 Å². The minimum absolute atomic E-state index is 0.277. The van der Waals surface area contributed by atoms with Gasteiger partial charge in [0.2, 0.25) is 0 Å². The number of hydrogen-bond donors (Lipinski definition) is 2. The molecule has 2 N–H and O–H groups in total. The normalized spacial score (nSPS) is 23.8. The Labute approximate surface area is 113 Å². The molecule has 0 bridgehead atoms. The fourth-order valence-corrected chi connectivity index (χ4v) is 3.57. The van der Waals surface area contributed by atoms with Gasteiger partial charge in [-0.25, -0.2) is 0 Å². The Morgan fingerprint density at radius 2 is 2.28 bits per heavy atom. The number of hydrogen-bond acceptors (Lipinski definition) is 4. The van der Waals surface area contributed by atoms with Crippen molar-refractivity contribution in [2.75, 3.05) is 19.8 Å². The second-order valence-corrected chi connectivity index (χ2v) is 6.58. The quantitative estimate of drug-likeness (QED) is 0.859. The van der Waals surface area contributed by atoms with Crippen molar-refractivity contribution in [3.8, 4) is 0 Å². The lowest BCUT2D eigenvalue weighted by molar-refractivity contribution is 0.00696. The molecule has 0 aliphatic carbocycles. The molecule has 0 spiro atoms. The van der Waals surface area contributed by atoms with Gasteiger partial charge in [0.05, 0.1) is 18.8 Å². The molecule has 0 aromatic carbocycles. The SMILES string of the molecule is CCc1ccc(CC(C)(O)CC2COCCN2)s1. The molecule has 2 rings (SSSR count). The van der Waals surface area contributed by atoms with Crippen LogP contribution in [0.1, 0.15) is 30.0 Å². The maximum absolute atomic E-state index is 10.5. The molecule has 1 fully saturated rings. The molecule has 2 unspecified atom stereocenters. The van der Waals surface area contributed by atoms with Gasteiger partial charge in [-0.1, -0.05) is 6.92 Å². The molecule has 1 aliphatic heterocycles. The fraction of sp³-hybridized carbons (Fsp3) is 0.714. The molecule has 1 aromatic heterocycles. The van der Waals surface area contributed by atoms with Crippen LogP contribution in [0, 0.1) is 0 Å². The largest absolute Gasteiger partial charge is 0.390 e. The van der Waals surface area contributed by atoms with Crippen LogP contribution in [0.2, 0.25) is 0 Å². The number of aliphatic hydroxyl groups is 1. The minimum Gasteiger partial charge on any atom is -0.390 e. The minimum atomic E-state index is -0.659. The summed E-state index contributed by atoms with van der Waals surface area (Å²) in [5.41, 5.74) is -0.659. The van der Waals surface area contributed by atoms with Crippen molar-refractivity contribution in [3.63, 3.8) is 0 Å². The number of thiophene rings is 1. The average molecular weight is 269 g/mol.